The number of halogens is 1. The van der Waals surface area contributed by atoms with Gasteiger partial charge in [-0.1, -0.05) is 0 Å². The number of ether oxygens (including phenoxy) is 1. The van der Waals surface area contributed by atoms with Crippen LogP contribution >= 0.6 is 15.9 Å². The molecule has 2 aromatic heterocycles. The van der Waals surface area contributed by atoms with Crippen LogP contribution in [-0.2, 0) is 6.54 Å². The molecule has 0 atom stereocenters. The molecule has 0 spiro atoms. The van der Waals surface area contributed by atoms with E-state index in [1.807, 2.05) is 18.2 Å². The Kier molecular flexibility index (Phi) is 4.52. The van der Waals surface area contributed by atoms with Gasteiger partial charge in [0.15, 0.2) is 10.4 Å². The molecular weight excluding hydrogens is 362 g/mol. The van der Waals surface area contributed by atoms with Crippen LogP contribution in [0.15, 0.2) is 68.3 Å². The first-order valence-corrected chi connectivity index (χ1v) is 7.70. The Hall–Kier alpha value is -2.47. The van der Waals surface area contributed by atoms with E-state index < -0.39 is 0 Å². The van der Waals surface area contributed by atoms with E-state index in [1.54, 1.807) is 48.6 Å². The fourth-order valence-electron chi connectivity index (χ4n) is 2.16. The van der Waals surface area contributed by atoms with E-state index in [4.69, 9.17) is 13.6 Å². The molecule has 0 saturated heterocycles. The monoisotopic (exact) mass is 375 g/mol. The van der Waals surface area contributed by atoms with Crippen LogP contribution in [0.5, 0.6) is 5.75 Å². The lowest BCUT2D eigenvalue weighted by molar-refractivity contribution is 0.0955. The van der Waals surface area contributed by atoms with Crippen molar-refractivity contribution in [3.05, 3.63) is 71.0 Å². The highest BCUT2D eigenvalue weighted by molar-refractivity contribution is 9.10. The van der Waals surface area contributed by atoms with E-state index in [2.05, 4.69) is 15.9 Å². The van der Waals surface area contributed by atoms with Crippen LogP contribution in [0.4, 0.5) is 5.69 Å². The molecule has 3 rings (SSSR count). The van der Waals surface area contributed by atoms with Crippen molar-refractivity contribution in [2.24, 2.45) is 0 Å². The Morgan fingerprint density at radius 3 is 2.52 bits per heavy atom. The number of hydrogen-bond donors (Lipinski definition) is 0. The standard InChI is InChI=1S/C17H14BrNO4/c1-21-13-6-4-12(5-7-13)19(11-14-3-2-10-22-14)17(20)15-8-9-16(18)23-15/h2-10H,11H2,1H3. The molecule has 6 heteroatoms. The molecule has 0 bridgehead atoms. The third kappa shape index (κ3) is 3.48. The molecule has 3 aromatic rings. The number of anilines is 1. The molecule has 0 saturated carbocycles. The number of benzene rings is 1. The second-order valence-electron chi connectivity index (χ2n) is 4.77. The van der Waals surface area contributed by atoms with Crippen LogP contribution in [0, 0.1) is 0 Å². The van der Waals surface area contributed by atoms with E-state index in [1.165, 1.54) is 0 Å². The third-order valence-corrected chi connectivity index (χ3v) is 3.73. The zero-order valence-electron chi connectivity index (χ0n) is 12.4. The van der Waals surface area contributed by atoms with E-state index >= 15 is 0 Å². The number of nitrogens with zero attached hydrogens (tertiary/aromatic N) is 1. The number of carbonyl (C=O) groups is 1. The minimum absolute atomic E-state index is 0.249. The summed E-state index contributed by atoms with van der Waals surface area (Å²) in [5, 5.41) is 0. The molecule has 0 aliphatic heterocycles. The molecule has 0 unspecified atom stereocenters. The Labute approximate surface area is 141 Å². The summed E-state index contributed by atoms with van der Waals surface area (Å²) in [5.74, 6) is 1.40. The Bertz CT molecular complexity index is 777. The van der Waals surface area contributed by atoms with Crippen molar-refractivity contribution in [1.82, 2.24) is 0 Å². The zero-order valence-corrected chi connectivity index (χ0v) is 13.9. The summed E-state index contributed by atoms with van der Waals surface area (Å²) in [5.41, 5.74) is 0.722. The first kappa shape index (κ1) is 15.4. The van der Waals surface area contributed by atoms with Crippen LogP contribution in [0.1, 0.15) is 16.3 Å². The Balaban J connectivity index is 1.93. The summed E-state index contributed by atoms with van der Waals surface area (Å²) in [6, 6.07) is 14.2. The number of amides is 1. The van der Waals surface area contributed by atoms with E-state index in [0.29, 0.717) is 17.0 Å². The highest BCUT2D eigenvalue weighted by Gasteiger charge is 2.22. The maximum atomic E-state index is 12.8. The lowest BCUT2D eigenvalue weighted by Crippen LogP contribution is -2.29. The van der Waals surface area contributed by atoms with Gasteiger partial charge >= 0.3 is 0 Å². The lowest BCUT2D eigenvalue weighted by atomic mass is 10.2. The second kappa shape index (κ2) is 6.75. The van der Waals surface area contributed by atoms with Crippen LogP contribution < -0.4 is 9.64 Å². The van der Waals surface area contributed by atoms with Crippen molar-refractivity contribution in [1.29, 1.82) is 0 Å². The Morgan fingerprint density at radius 2 is 1.96 bits per heavy atom. The summed E-state index contributed by atoms with van der Waals surface area (Å²) >= 11 is 3.21. The predicted molar refractivity (Wildman–Crippen MR) is 88.6 cm³/mol. The number of rotatable bonds is 5. The van der Waals surface area contributed by atoms with Gasteiger partial charge in [0.25, 0.3) is 5.91 Å². The molecule has 5 nitrogen and oxygen atoms in total. The summed E-state index contributed by atoms with van der Waals surface area (Å²) in [6.07, 6.45) is 1.58. The van der Waals surface area contributed by atoms with Crippen molar-refractivity contribution >= 4 is 27.5 Å². The highest BCUT2D eigenvalue weighted by atomic mass is 79.9. The summed E-state index contributed by atoms with van der Waals surface area (Å²) in [7, 11) is 1.60. The largest absolute Gasteiger partial charge is 0.497 e. The maximum absolute atomic E-state index is 12.8. The number of methoxy groups -OCH3 is 1. The van der Waals surface area contributed by atoms with Crippen molar-refractivity contribution < 1.29 is 18.4 Å². The normalized spacial score (nSPS) is 10.5. The molecule has 0 aliphatic rings. The first-order valence-electron chi connectivity index (χ1n) is 6.91. The van der Waals surface area contributed by atoms with Gasteiger partial charge in [-0.25, -0.2) is 0 Å². The van der Waals surface area contributed by atoms with Gasteiger partial charge in [0, 0.05) is 5.69 Å². The van der Waals surface area contributed by atoms with Crippen molar-refractivity contribution in [3.63, 3.8) is 0 Å². The van der Waals surface area contributed by atoms with E-state index in [9.17, 15) is 4.79 Å². The third-order valence-electron chi connectivity index (χ3n) is 3.31. The smallest absolute Gasteiger partial charge is 0.294 e. The average molecular weight is 376 g/mol. The molecule has 2 heterocycles. The van der Waals surface area contributed by atoms with Gasteiger partial charge in [-0.2, -0.15) is 0 Å². The van der Waals surface area contributed by atoms with Gasteiger partial charge in [0.2, 0.25) is 0 Å². The van der Waals surface area contributed by atoms with Gasteiger partial charge in [-0.3, -0.25) is 9.69 Å². The molecule has 23 heavy (non-hydrogen) atoms. The number of hydrogen-bond acceptors (Lipinski definition) is 4. The SMILES string of the molecule is COc1ccc(N(Cc2ccco2)C(=O)c2ccc(Br)o2)cc1. The lowest BCUT2D eigenvalue weighted by Gasteiger charge is -2.21. The van der Waals surface area contributed by atoms with Gasteiger partial charge < -0.3 is 13.6 Å². The van der Waals surface area contributed by atoms with E-state index in [0.717, 1.165) is 11.4 Å². The maximum Gasteiger partial charge on any atom is 0.294 e. The zero-order chi connectivity index (χ0) is 16.2. The minimum Gasteiger partial charge on any atom is -0.497 e. The Morgan fingerprint density at radius 1 is 1.17 bits per heavy atom. The van der Waals surface area contributed by atoms with Crippen LogP contribution in [0.3, 0.4) is 0 Å². The number of furan rings is 2. The van der Waals surface area contributed by atoms with Gasteiger partial charge in [0.1, 0.15) is 11.5 Å². The molecule has 0 N–H and O–H groups in total. The summed E-state index contributed by atoms with van der Waals surface area (Å²) in [6.45, 7) is 0.302. The molecule has 0 fully saturated rings. The second-order valence-corrected chi connectivity index (χ2v) is 5.55. The topological polar surface area (TPSA) is 55.8 Å². The summed E-state index contributed by atoms with van der Waals surface area (Å²) in [4.78, 5) is 14.4. The average Bonchev–Trinajstić information content (AvgIpc) is 3.24. The van der Waals surface area contributed by atoms with E-state index in [-0.39, 0.29) is 11.7 Å². The van der Waals surface area contributed by atoms with Gasteiger partial charge in [-0.05, 0) is 64.5 Å². The fraction of sp³-hybridized carbons (Fsp3) is 0.118. The molecule has 1 aromatic carbocycles. The molecule has 0 aliphatic carbocycles. The van der Waals surface area contributed by atoms with Crippen LogP contribution in [0.25, 0.3) is 0 Å². The van der Waals surface area contributed by atoms with Crippen LogP contribution in [0.2, 0.25) is 0 Å². The minimum atomic E-state index is -0.253. The van der Waals surface area contributed by atoms with Gasteiger partial charge in [-0.15, -0.1) is 0 Å². The summed E-state index contributed by atoms with van der Waals surface area (Å²) < 4.78 is 16.4. The van der Waals surface area contributed by atoms with Gasteiger partial charge in [0.05, 0.1) is 19.9 Å². The molecular formula is C17H14BrNO4. The predicted octanol–water partition coefficient (Wildman–Crippen LogP) is 4.49. The quantitative estimate of drug-likeness (QED) is 0.659. The molecule has 0 radical (unpaired) electrons. The molecule has 118 valence electrons. The fourth-order valence-corrected chi connectivity index (χ4v) is 2.47. The van der Waals surface area contributed by atoms with Crippen molar-refractivity contribution in [2.75, 3.05) is 12.0 Å². The van der Waals surface area contributed by atoms with Crippen molar-refractivity contribution in [3.8, 4) is 5.75 Å². The first-order chi connectivity index (χ1) is 11.2. The number of carbonyl (C=O) groups excluding carboxylic acids is 1. The van der Waals surface area contributed by atoms with Crippen molar-refractivity contribution in [2.45, 2.75) is 6.54 Å². The molecule has 1 amide bonds. The van der Waals surface area contributed by atoms with Crippen LogP contribution in [-0.4, -0.2) is 13.0 Å². The highest BCUT2D eigenvalue weighted by Crippen LogP contribution is 2.25.